The molecule has 1 saturated heterocycles. The highest BCUT2D eigenvalue weighted by Gasteiger charge is 2.18. The minimum atomic E-state index is -1.27. The number of aromatic nitrogens is 2. The number of hydrogen-bond donors (Lipinski definition) is 2. The predicted molar refractivity (Wildman–Crippen MR) is 91.1 cm³/mol. The molecule has 9 heteroatoms. The summed E-state index contributed by atoms with van der Waals surface area (Å²) < 4.78 is 19.0. The van der Waals surface area contributed by atoms with Gasteiger partial charge >= 0.3 is 5.97 Å². The Labute approximate surface area is 148 Å². The van der Waals surface area contributed by atoms with E-state index in [0.717, 1.165) is 6.07 Å². The zero-order valence-electron chi connectivity index (χ0n) is 14.0. The SMILES string of the molecule is Cc1cc(C(=O)O)c(NC(=O)c2ccc(N3CCOCC3)nn2)cc1F. The van der Waals surface area contributed by atoms with Crippen LogP contribution in [0.3, 0.4) is 0 Å². The normalized spacial score (nSPS) is 14.2. The van der Waals surface area contributed by atoms with Crippen molar-refractivity contribution in [2.24, 2.45) is 0 Å². The molecule has 0 aliphatic carbocycles. The van der Waals surface area contributed by atoms with E-state index in [4.69, 9.17) is 4.74 Å². The minimum absolute atomic E-state index is 0.000619. The molecule has 0 radical (unpaired) electrons. The van der Waals surface area contributed by atoms with Gasteiger partial charge in [0.1, 0.15) is 5.82 Å². The van der Waals surface area contributed by atoms with E-state index in [0.29, 0.717) is 32.1 Å². The van der Waals surface area contributed by atoms with Crippen LogP contribution in [0.4, 0.5) is 15.9 Å². The second kappa shape index (κ2) is 7.44. The van der Waals surface area contributed by atoms with Crippen molar-refractivity contribution in [1.82, 2.24) is 10.2 Å². The zero-order chi connectivity index (χ0) is 18.7. The van der Waals surface area contributed by atoms with Crippen molar-refractivity contribution < 1.29 is 23.8 Å². The van der Waals surface area contributed by atoms with Crippen molar-refractivity contribution in [2.45, 2.75) is 6.92 Å². The fraction of sp³-hybridized carbons (Fsp3) is 0.294. The third-order valence-electron chi connectivity index (χ3n) is 4.00. The molecular formula is C17H17FN4O4. The molecule has 0 bridgehead atoms. The van der Waals surface area contributed by atoms with E-state index in [1.165, 1.54) is 19.1 Å². The number of halogens is 1. The van der Waals surface area contributed by atoms with E-state index in [-0.39, 0.29) is 22.5 Å². The Balaban J connectivity index is 1.78. The molecule has 26 heavy (non-hydrogen) atoms. The number of carboxylic acid groups (broad SMARTS) is 1. The Morgan fingerprint density at radius 2 is 1.96 bits per heavy atom. The molecule has 1 aromatic heterocycles. The van der Waals surface area contributed by atoms with E-state index >= 15 is 0 Å². The third kappa shape index (κ3) is 3.77. The van der Waals surface area contributed by atoms with Gasteiger partial charge in [-0.2, -0.15) is 0 Å². The number of hydrogen-bond acceptors (Lipinski definition) is 6. The van der Waals surface area contributed by atoms with Gasteiger partial charge in [0.25, 0.3) is 5.91 Å². The van der Waals surface area contributed by atoms with Crippen molar-refractivity contribution >= 4 is 23.4 Å². The molecule has 1 fully saturated rings. The standard InChI is InChI=1S/C17H17FN4O4/c1-10-8-11(17(24)25)14(9-12(10)18)19-16(23)13-2-3-15(21-20-13)22-4-6-26-7-5-22/h2-3,8-9H,4-7H2,1H3,(H,19,23)(H,24,25). The molecule has 2 N–H and O–H groups in total. The number of anilines is 2. The molecule has 1 aromatic carbocycles. The van der Waals surface area contributed by atoms with Crippen molar-refractivity contribution in [2.75, 3.05) is 36.5 Å². The van der Waals surface area contributed by atoms with E-state index in [1.54, 1.807) is 6.07 Å². The zero-order valence-corrected chi connectivity index (χ0v) is 14.0. The number of carboxylic acids is 1. The number of nitrogens with one attached hydrogen (secondary N) is 1. The summed E-state index contributed by atoms with van der Waals surface area (Å²) in [7, 11) is 0. The van der Waals surface area contributed by atoms with Gasteiger partial charge in [-0.25, -0.2) is 9.18 Å². The van der Waals surface area contributed by atoms with Crippen LogP contribution in [0, 0.1) is 12.7 Å². The molecule has 136 valence electrons. The molecule has 0 saturated carbocycles. The van der Waals surface area contributed by atoms with Gasteiger partial charge in [0.2, 0.25) is 0 Å². The number of morpholine rings is 1. The summed E-state index contributed by atoms with van der Waals surface area (Å²) in [5, 5.41) is 19.5. The lowest BCUT2D eigenvalue weighted by Gasteiger charge is -2.27. The monoisotopic (exact) mass is 360 g/mol. The number of nitrogens with zero attached hydrogens (tertiary/aromatic N) is 3. The first kappa shape index (κ1) is 17.7. The van der Waals surface area contributed by atoms with Gasteiger partial charge in [0.15, 0.2) is 11.5 Å². The summed E-state index contributed by atoms with van der Waals surface area (Å²) in [4.78, 5) is 25.6. The van der Waals surface area contributed by atoms with Crippen LogP contribution in [0.2, 0.25) is 0 Å². The molecule has 0 atom stereocenters. The van der Waals surface area contributed by atoms with Crippen LogP contribution >= 0.6 is 0 Å². The van der Waals surface area contributed by atoms with E-state index in [2.05, 4.69) is 15.5 Å². The van der Waals surface area contributed by atoms with Gasteiger partial charge in [-0.1, -0.05) is 0 Å². The number of ether oxygens (including phenoxy) is 1. The Hall–Kier alpha value is -3.07. The molecule has 0 unspecified atom stereocenters. The number of carbonyl (C=O) groups is 2. The molecule has 2 heterocycles. The highest BCUT2D eigenvalue weighted by Crippen LogP contribution is 2.21. The Morgan fingerprint density at radius 1 is 1.23 bits per heavy atom. The summed E-state index contributed by atoms with van der Waals surface area (Å²) in [6.07, 6.45) is 0. The Morgan fingerprint density at radius 3 is 2.58 bits per heavy atom. The van der Waals surface area contributed by atoms with Crippen molar-refractivity contribution in [3.05, 3.63) is 46.9 Å². The number of aromatic carboxylic acids is 1. The number of amides is 1. The first-order valence-electron chi connectivity index (χ1n) is 7.97. The van der Waals surface area contributed by atoms with Gasteiger partial charge in [0.05, 0.1) is 24.5 Å². The third-order valence-corrected chi connectivity index (χ3v) is 4.00. The molecule has 1 aliphatic heterocycles. The van der Waals surface area contributed by atoms with Crippen LogP contribution < -0.4 is 10.2 Å². The van der Waals surface area contributed by atoms with Gasteiger partial charge in [-0.05, 0) is 36.8 Å². The molecule has 2 aromatic rings. The first-order valence-corrected chi connectivity index (χ1v) is 7.97. The summed E-state index contributed by atoms with van der Waals surface area (Å²) in [6.45, 7) is 4.01. The average molecular weight is 360 g/mol. The van der Waals surface area contributed by atoms with Crippen LogP contribution in [0.15, 0.2) is 24.3 Å². The Kier molecular flexibility index (Phi) is 5.08. The Bertz CT molecular complexity index is 835. The average Bonchev–Trinajstić information content (AvgIpc) is 2.65. The smallest absolute Gasteiger partial charge is 0.337 e. The quantitative estimate of drug-likeness (QED) is 0.855. The largest absolute Gasteiger partial charge is 0.478 e. The minimum Gasteiger partial charge on any atom is -0.478 e. The van der Waals surface area contributed by atoms with E-state index in [9.17, 15) is 19.1 Å². The van der Waals surface area contributed by atoms with Crippen LogP contribution in [0.5, 0.6) is 0 Å². The number of benzene rings is 1. The number of aryl methyl sites for hydroxylation is 1. The lowest BCUT2D eigenvalue weighted by Crippen LogP contribution is -2.37. The molecule has 1 aliphatic rings. The fourth-order valence-corrected chi connectivity index (χ4v) is 2.56. The number of carbonyl (C=O) groups excluding carboxylic acids is 1. The van der Waals surface area contributed by atoms with Crippen molar-refractivity contribution in [3.63, 3.8) is 0 Å². The van der Waals surface area contributed by atoms with Gasteiger partial charge < -0.3 is 20.1 Å². The van der Waals surface area contributed by atoms with Gasteiger partial charge in [-0.3, -0.25) is 4.79 Å². The van der Waals surface area contributed by atoms with Crippen LogP contribution in [-0.4, -0.2) is 53.5 Å². The topological polar surface area (TPSA) is 105 Å². The second-order valence-electron chi connectivity index (χ2n) is 5.78. The van der Waals surface area contributed by atoms with Crippen LogP contribution in [0.1, 0.15) is 26.4 Å². The summed E-state index contributed by atoms with van der Waals surface area (Å²) in [5.74, 6) is -1.93. The highest BCUT2D eigenvalue weighted by atomic mass is 19.1. The van der Waals surface area contributed by atoms with Crippen molar-refractivity contribution in [3.8, 4) is 0 Å². The summed E-state index contributed by atoms with van der Waals surface area (Å²) in [5.41, 5.74) is -0.158. The van der Waals surface area contributed by atoms with Crippen LogP contribution in [0.25, 0.3) is 0 Å². The molecule has 1 amide bonds. The van der Waals surface area contributed by atoms with E-state index in [1.807, 2.05) is 4.90 Å². The van der Waals surface area contributed by atoms with Crippen LogP contribution in [-0.2, 0) is 4.74 Å². The van der Waals surface area contributed by atoms with Gasteiger partial charge in [-0.15, -0.1) is 10.2 Å². The summed E-state index contributed by atoms with van der Waals surface area (Å²) in [6, 6.07) is 5.28. The maximum absolute atomic E-state index is 13.7. The first-order chi connectivity index (χ1) is 12.5. The predicted octanol–water partition coefficient (Wildman–Crippen LogP) is 1.71. The maximum atomic E-state index is 13.7. The fourth-order valence-electron chi connectivity index (χ4n) is 2.56. The number of rotatable bonds is 4. The maximum Gasteiger partial charge on any atom is 0.337 e. The summed E-state index contributed by atoms with van der Waals surface area (Å²) >= 11 is 0. The van der Waals surface area contributed by atoms with Gasteiger partial charge in [0, 0.05) is 13.1 Å². The lowest BCUT2D eigenvalue weighted by molar-refractivity contribution is 0.0698. The highest BCUT2D eigenvalue weighted by molar-refractivity contribution is 6.06. The molecule has 8 nitrogen and oxygen atoms in total. The molecule has 3 rings (SSSR count). The second-order valence-corrected chi connectivity index (χ2v) is 5.78. The van der Waals surface area contributed by atoms with E-state index < -0.39 is 17.7 Å². The lowest BCUT2D eigenvalue weighted by atomic mass is 10.1. The molecular weight excluding hydrogens is 343 g/mol. The molecule has 0 spiro atoms. The van der Waals surface area contributed by atoms with Crippen molar-refractivity contribution in [1.29, 1.82) is 0 Å².